The Bertz CT molecular complexity index is 441. The van der Waals surface area contributed by atoms with Gasteiger partial charge in [0.1, 0.15) is 5.75 Å². The van der Waals surface area contributed by atoms with E-state index in [0.29, 0.717) is 30.3 Å². The smallest absolute Gasteiger partial charge is 0.322 e. The van der Waals surface area contributed by atoms with Crippen LogP contribution >= 0.6 is 11.6 Å². The van der Waals surface area contributed by atoms with Crippen LogP contribution in [0.3, 0.4) is 0 Å². The number of hydrogen-bond acceptors (Lipinski definition) is 3. The number of nitrogens with zero attached hydrogens (tertiary/aromatic N) is 1. The van der Waals surface area contributed by atoms with Crippen molar-refractivity contribution in [2.24, 2.45) is 0 Å². The lowest BCUT2D eigenvalue weighted by Gasteiger charge is -2.07. The molecule has 1 aromatic carbocycles. The first-order chi connectivity index (χ1) is 8.17. The van der Waals surface area contributed by atoms with Crippen LogP contribution in [0, 0.1) is 11.3 Å². The lowest BCUT2D eigenvalue weighted by atomic mass is 10.1. The zero-order chi connectivity index (χ0) is 12.7. The molecule has 0 aromatic heterocycles. The van der Waals surface area contributed by atoms with Gasteiger partial charge < -0.3 is 10.1 Å². The molecule has 0 aliphatic carbocycles. The van der Waals surface area contributed by atoms with Crippen molar-refractivity contribution in [1.29, 1.82) is 5.26 Å². The number of carbonyl (C=O) groups is 1. The fraction of sp³-hybridized carbons (Fsp3) is 0.333. The Morgan fingerprint density at radius 3 is 2.94 bits per heavy atom. The van der Waals surface area contributed by atoms with Gasteiger partial charge in [0, 0.05) is 6.54 Å². The molecule has 0 spiro atoms. The number of nitrogens with one attached hydrogen (secondary N) is 1. The molecular formula is C12H13ClN2O2. The first-order valence-electron chi connectivity index (χ1n) is 5.26. The van der Waals surface area contributed by atoms with Crippen molar-refractivity contribution < 1.29 is 9.53 Å². The Labute approximate surface area is 105 Å². The van der Waals surface area contributed by atoms with Crippen LogP contribution in [0.25, 0.3) is 0 Å². The molecule has 17 heavy (non-hydrogen) atoms. The Morgan fingerprint density at radius 1 is 1.59 bits per heavy atom. The molecule has 0 saturated carbocycles. The number of carbonyl (C=O) groups excluding carboxylic acids is 1. The summed E-state index contributed by atoms with van der Waals surface area (Å²) in [5, 5.41) is 11.3. The standard InChI is InChI=1S/C12H13ClN2O2/c1-2-17-11-4-3-9(7-10(11)13)5-6-15-12(16)8-14/h3-4,7H,2,5-6H2,1H3,(H,15,16). The zero-order valence-corrected chi connectivity index (χ0v) is 10.3. The first-order valence-corrected chi connectivity index (χ1v) is 5.64. The second-order valence-electron chi connectivity index (χ2n) is 3.32. The Kier molecular flexibility index (Phi) is 5.31. The molecule has 4 nitrogen and oxygen atoms in total. The molecule has 0 fully saturated rings. The van der Waals surface area contributed by atoms with Crippen molar-refractivity contribution in [3.8, 4) is 11.8 Å². The predicted molar refractivity (Wildman–Crippen MR) is 64.9 cm³/mol. The lowest BCUT2D eigenvalue weighted by Crippen LogP contribution is -2.23. The van der Waals surface area contributed by atoms with E-state index in [1.54, 1.807) is 12.1 Å². The lowest BCUT2D eigenvalue weighted by molar-refractivity contribution is -0.115. The van der Waals surface area contributed by atoms with Crippen LogP contribution in [0.1, 0.15) is 12.5 Å². The second-order valence-corrected chi connectivity index (χ2v) is 3.72. The Hall–Kier alpha value is -1.73. The van der Waals surface area contributed by atoms with Gasteiger partial charge in [-0.2, -0.15) is 5.26 Å². The molecule has 1 rings (SSSR count). The molecule has 0 heterocycles. The average Bonchev–Trinajstić information content (AvgIpc) is 2.32. The van der Waals surface area contributed by atoms with E-state index in [4.69, 9.17) is 21.6 Å². The van der Waals surface area contributed by atoms with E-state index >= 15 is 0 Å². The molecule has 0 bridgehead atoms. The minimum absolute atomic E-state index is 0.413. The van der Waals surface area contributed by atoms with E-state index in [-0.39, 0.29) is 0 Å². The summed E-state index contributed by atoms with van der Waals surface area (Å²) in [5.41, 5.74) is 0.983. The van der Waals surface area contributed by atoms with Crippen LogP contribution in [0.5, 0.6) is 5.75 Å². The molecule has 1 N–H and O–H groups in total. The van der Waals surface area contributed by atoms with Crippen molar-refractivity contribution in [1.82, 2.24) is 5.32 Å². The zero-order valence-electron chi connectivity index (χ0n) is 9.50. The maximum atomic E-state index is 10.7. The van der Waals surface area contributed by atoms with E-state index < -0.39 is 5.91 Å². The molecule has 0 aliphatic heterocycles. The quantitative estimate of drug-likeness (QED) is 0.815. The summed E-state index contributed by atoms with van der Waals surface area (Å²) in [5.74, 6) is 0.0287. The predicted octanol–water partition coefficient (Wildman–Crippen LogP) is 1.92. The van der Waals surface area contributed by atoms with Crippen molar-refractivity contribution >= 4 is 17.5 Å². The average molecular weight is 253 g/mol. The maximum absolute atomic E-state index is 10.7. The van der Waals surface area contributed by atoms with E-state index in [1.165, 1.54) is 6.07 Å². The van der Waals surface area contributed by atoms with Gasteiger partial charge in [-0.15, -0.1) is 0 Å². The topological polar surface area (TPSA) is 62.1 Å². The van der Waals surface area contributed by atoms with Crippen molar-refractivity contribution in [3.05, 3.63) is 28.8 Å². The van der Waals surface area contributed by atoms with E-state index in [9.17, 15) is 4.79 Å². The molecule has 0 saturated heterocycles. The second kappa shape index (κ2) is 6.77. The fourth-order valence-electron chi connectivity index (χ4n) is 1.33. The van der Waals surface area contributed by atoms with Gasteiger partial charge in [0.2, 0.25) is 0 Å². The third-order valence-corrected chi connectivity index (χ3v) is 2.39. The highest BCUT2D eigenvalue weighted by molar-refractivity contribution is 6.32. The summed E-state index contributed by atoms with van der Waals surface area (Å²) < 4.78 is 5.31. The number of ether oxygens (including phenoxy) is 1. The normalized spacial score (nSPS) is 9.47. The molecule has 5 heteroatoms. The van der Waals surface area contributed by atoms with E-state index in [0.717, 1.165) is 5.56 Å². The van der Waals surface area contributed by atoms with Crippen molar-refractivity contribution in [2.75, 3.05) is 13.2 Å². The van der Waals surface area contributed by atoms with Crippen LogP contribution in [0.4, 0.5) is 0 Å². The molecule has 0 atom stereocenters. The molecule has 0 radical (unpaired) electrons. The monoisotopic (exact) mass is 252 g/mol. The van der Waals surface area contributed by atoms with Gasteiger partial charge >= 0.3 is 5.91 Å². The Morgan fingerprint density at radius 2 is 2.35 bits per heavy atom. The number of hydrogen-bond donors (Lipinski definition) is 1. The first kappa shape index (κ1) is 13.3. The van der Waals surface area contributed by atoms with Crippen LogP contribution in [0.2, 0.25) is 5.02 Å². The van der Waals surface area contributed by atoms with Crippen LogP contribution < -0.4 is 10.1 Å². The maximum Gasteiger partial charge on any atom is 0.322 e. The van der Waals surface area contributed by atoms with E-state index in [1.807, 2.05) is 13.0 Å². The third kappa shape index (κ3) is 4.33. The minimum atomic E-state index is -0.623. The Balaban J connectivity index is 2.53. The highest BCUT2D eigenvalue weighted by Crippen LogP contribution is 2.25. The minimum Gasteiger partial charge on any atom is -0.492 e. The highest BCUT2D eigenvalue weighted by Gasteiger charge is 2.03. The summed E-state index contributed by atoms with van der Waals surface area (Å²) in [6.07, 6.45) is 0.625. The number of halogens is 1. The van der Waals surface area contributed by atoms with Gasteiger partial charge in [0.15, 0.2) is 6.07 Å². The van der Waals surface area contributed by atoms with Gasteiger partial charge in [-0.05, 0) is 31.0 Å². The summed E-state index contributed by atoms with van der Waals surface area (Å²) in [7, 11) is 0. The SMILES string of the molecule is CCOc1ccc(CCNC(=O)C#N)cc1Cl. The highest BCUT2D eigenvalue weighted by atomic mass is 35.5. The third-order valence-electron chi connectivity index (χ3n) is 2.10. The van der Waals surface area contributed by atoms with Gasteiger partial charge in [-0.3, -0.25) is 4.79 Å². The van der Waals surface area contributed by atoms with Crippen LogP contribution in [-0.4, -0.2) is 19.1 Å². The van der Waals surface area contributed by atoms with Gasteiger partial charge in [0.05, 0.1) is 11.6 Å². The molecule has 1 amide bonds. The van der Waals surface area contributed by atoms with Gasteiger partial charge in [0.25, 0.3) is 0 Å². The summed E-state index contributed by atoms with van der Waals surface area (Å²) in [6, 6.07) is 6.97. The summed E-state index contributed by atoms with van der Waals surface area (Å²) in [6.45, 7) is 2.87. The molecule has 1 aromatic rings. The number of rotatable bonds is 5. The van der Waals surface area contributed by atoms with Crippen LogP contribution in [-0.2, 0) is 11.2 Å². The number of nitriles is 1. The van der Waals surface area contributed by atoms with Crippen LogP contribution in [0.15, 0.2) is 18.2 Å². The molecule has 0 aliphatic rings. The molecular weight excluding hydrogens is 240 g/mol. The molecule has 0 unspecified atom stereocenters. The molecule has 90 valence electrons. The van der Waals surface area contributed by atoms with Crippen molar-refractivity contribution in [2.45, 2.75) is 13.3 Å². The van der Waals surface area contributed by atoms with Crippen molar-refractivity contribution in [3.63, 3.8) is 0 Å². The van der Waals surface area contributed by atoms with E-state index in [2.05, 4.69) is 5.32 Å². The summed E-state index contributed by atoms with van der Waals surface area (Å²) in [4.78, 5) is 10.7. The number of amides is 1. The number of benzene rings is 1. The fourth-order valence-corrected chi connectivity index (χ4v) is 1.59. The summed E-state index contributed by atoms with van der Waals surface area (Å²) >= 11 is 6.01. The van der Waals surface area contributed by atoms with Gasteiger partial charge in [-0.1, -0.05) is 17.7 Å². The largest absolute Gasteiger partial charge is 0.492 e. The van der Waals surface area contributed by atoms with Gasteiger partial charge in [-0.25, -0.2) is 0 Å².